The van der Waals surface area contributed by atoms with E-state index in [9.17, 15) is 14.3 Å². The van der Waals surface area contributed by atoms with Crippen LogP contribution in [0.3, 0.4) is 0 Å². The van der Waals surface area contributed by atoms with E-state index in [1.165, 1.54) is 51.4 Å². The first-order valence-corrected chi connectivity index (χ1v) is 15.3. The Morgan fingerprint density at radius 1 is 0.833 bits per heavy atom. The van der Waals surface area contributed by atoms with Crippen LogP contribution in [0.15, 0.2) is 24.3 Å². The lowest BCUT2D eigenvalue weighted by molar-refractivity contribution is -0.154. The maximum Gasteiger partial charge on any atom is 0.472 e. The number of unbranched alkanes of at least 4 members (excludes halogenated alkanes) is 10. The molecular formula is C27H52NO7P. The SMILES string of the molecule is CCCCCC/C=C\C/C=C\CCCCCCCCOCC(COP(=O)(O)OCCN)OC(=O)CC. The second-order valence-electron chi connectivity index (χ2n) is 8.86. The molecule has 0 aromatic rings. The third kappa shape index (κ3) is 24.7. The summed E-state index contributed by atoms with van der Waals surface area (Å²) >= 11 is 0. The Morgan fingerprint density at radius 3 is 2.06 bits per heavy atom. The molecule has 0 amide bonds. The van der Waals surface area contributed by atoms with E-state index in [1.54, 1.807) is 6.92 Å². The van der Waals surface area contributed by atoms with Crippen molar-refractivity contribution >= 4 is 13.8 Å². The average Bonchev–Trinajstić information content (AvgIpc) is 2.87. The zero-order chi connectivity index (χ0) is 26.7. The van der Waals surface area contributed by atoms with Crippen molar-refractivity contribution in [1.82, 2.24) is 0 Å². The van der Waals surface area contributed by atoms with Gasteiger partial charge in [0.05, 0.1) is 19.8 Å². The van der Waals surface area contributed by atoms with Crippen LogP contribution in [0, 0.1) is 0 Å². The van der Waals surface area contributed by atoms with Crippen LogP contribution >= 0.6 is 7.82 Å². The standard InChI is InChI=1S/C27H52NO7P/c1-3-5-6-7-8-9-10-11-12-13-14-15-16-17-18-19-20-22-32-24-26(35-27(29)4-2)25-34-36(30,31)33-23-21-28/h9-10,12-13,26H,3-8,11,14-25,28H2,1-2H3,(H,30,31)/b10-9-,13-12-. The van der Waals surface area contributed by atoms with E-state index in [4.69, 9.17) is 19.7 Å². The van der Waals surface area contributed by atoms with Crippen LogP contribution in [0.4, 0.5) is 0 Å². The summed E-state index contributed by atoms with van der Waals surface area (Å²) in [5.41, 5.74) is 5.25. The molecule has 212 valence electrons. The summed E-state index contributed by atoms with van der Waals surface area (Å²) in [4.78, 5) is 21.2. The van der Waals surface area contributed by atoms with Crippen molar-refractivity contribution in [1.29, 1.82) is 0 Å². The lowest BCUT2D eigenvalue weighted by atomic mass is 10.1. The summed E-state index contributed by atoms with van der Waals surface area (Å²) in [6.45, 7) is 4.27. The van der Waals surface area contributed by atoms with E-state index in [0.717, 1.165) is 32.1 Å². The van der Waals surface area contributed by atoms with Crippen molar-refractivity contribution in [3.05, 3.63) is 24.3 Å². The molecule has 36 heavy (non-hydrogen) atoms. The van der Waals surface area contributed by atoms with Gasteiger partial charge in [-0.2, -0.15) is 0 Å². The number of nitrogens with two attached hydrogens (primary N) is 1. The molecule has 0 rings (SSSR count). The number of ether oxygens (including phenoxy) is 2. The maximum absolute atomic E-state index is 11.8. The van der Waals surface area contributed by atoms with Crippen molar-refractivity contribution in [3.8, 4) is 0 Å². The van der Waals surface area contributed by atoms with Crippen molar-refractivity contribution < 1.29 is 32.8 Å². The molecule has 0 aromatic heterocycles. The molecule has 0 saturated carbocycles. The highest BCUT2D eigenvalue weighted by molar-refractivity contribution is 7.47. The first-order chi connectivity index (χ1) is 17.4. The molecular weight excluding hydrogens is 481 g/mol. The third-order valence-electron chi connectivity index (χ3n) is 5.43. The van der Waals surface area contributed by atoms with Crippen LogP contribution in [0.25, 0.3) is 0 Å². The summed E-state index contributed by atoms with van der Waals surface area (Å²) in [6, 6.07) is 0. The van der Waals surface area contributed by atoms with E-state index < -0.39 is 19.9 Å². The highest BCUT2D eigenvalue weighted by Crippen LogP contribution is 2.43. The molecule has 0 fully saturated rings. The van der Waals surface area contributed by atoms with E-state index in [1.807, 2.05) is 0 Å². The molecule has 9 heteroatoms. The number of phosphoric ester groups is 1. The van der Waals surface area contributed by atoms with Crippen LogP contribution in [0.5, 0.6) is 0 Å². The Labute approximate surface area is 219 Å². The van der Waals surface area contributed by atoms with Crippen LogP contribution in [0.1, 0.15) is 104 Å². The Bertz CT molecular complexity index is 613. The summed E-state index contributed by atoms with van der Waals surface area (Å²) in [6.07, 6.45) is 24.1. The van der Waals surface area contributed by atoms with Crippen molar-refractivity contribution in [2.24, 2.45) is 5.73 Å². The van der Waals surface area contributed by atoms with E-state index in [2.05, 4.69) is 35.8 Å². The number of hydrogen-bond acceptors (Lipinski definition) is 7. The predicted octanol–water partition coefficient (Wildman–Crippen LogP) is 6.62. The molecule has 0 spiro atoms. The molecule has 0 aliphatic rings. The summed E-state index contributed by atoms with van der Waals surface area (Å²) in [5.74, 6) is -0.424. The third-order valence-corrected chi connectivity index (χ3v) is 6.41. The zero-order valence-corrected chi connectivity index (χ0v) is 23.6. The molecule has 2 unspecified atom stereocenters. The number of carbonyl (C=O) groups excluding carboxylic acids is 1. The van der Waals surface area contributed by atoms with E-state index in [0.29, 0.717) is 6.61 Å². The Kier molecular flexibility index (Phi) is 24.9. The van der Waals surface area contributed by atoms with Crippen LogP contribution in [-0.2, 0) is 27.9 Å². The van der Waals surface area contributed by atoms with Crippen molar-refractivity contribution in [2.45, 2.75) is 110 Å². The monoisotopic (exact) mass is 533 g/mol. The van der Waals surface area contributed by atoms with Crippen molar-refractivity contribution in [3.63, 3.8) is 0 Å². The second-order valence-corrected chi connectivity index (χ2v) is 10.3. The first kappa shape index (κ1) is 35.0. The molecule has 0 aliphatic heterocycles. The van der Waals surface area contributed by atoms with Gasteiger partial charge in [0.1, 0.15) is 6.10 Å². The average molecular weight is 534 g/mol. The molecule has 0 heterocycles. The van der Waals surface area contributed by atoms with Gasteiger partial charge in [-0.25, -0.2) is 4.57 Å². The second kappa shape index (κ2) is 25.6. The van der Waals surface area contributed by atoms with Crippen LogP contribution in [0.2, 0.25) is 0 Å². The van der Waals surface area contributed by atoms with E-state index in [-0.39, 0.29) is 32.8 Å². The highest BCUT2D eigenvalue weighted by atomic mass is 31.2. The molecule has 8 nitrogen and oxygen atoms in total. The summed E-state index contributed by atoms with van der Waals surface area (Å²) in [5, 5.41) is 0. The normalized spacial score (nSPS) is 14.4. The molecule has 0 saturated heterocycles. The topological polar surface area (TPSA) is 117 Å². The molecule has 3 N–H and O–H groups in total. The van der Waals surface area contributed by atoms with Gasteiger partial charge in [0, 0.05) is 19.6 Å². The summed E-state index contributed by atoms with van der Waals surface area (Å²) < 4.78 is 32.2. The van der Waals surface area contributed by atoms with Gasteiger partial charge in [0.2, 0.25) is 0 Å². The number of rotatable bonds is 26. The highest BCUT2D eigenvalue weighted by Gasteiger charge is 2.24. The fourth-order valence-electron chi connectivity index (χ4n) is 3.35. The van der Waals surface area contributed by atoms with Crippen molar-refractivity contribution in [2.75, 3.05) is 33.0 Å². The van der Waals surface area contributed by atoms with Gasteiger partial charge in [-0.1, -0.05) is 83.1 Å². The first-order valence-electron chi connectivity index (χ1n) is 13.8. The minimum absolute atomic E-state index is 0.0967. The number of phosphoric acid groups is 1. The summed E-state index contributed by atoms with van der Waals surface area (Å²) in [7, 11) is -4.23. The van der Waals surface area contributed by atoms with Gasteiger partial charge < -0.3 is 20.1 Å². The zero-order valence-electron chi connectivity index (χ0n) is 22.7. The van der Waals surface area contributed by atoms with Gasteiger partial charge in [-0.3, -0.25) is 13.8 Å². The predicted molar refractivity (Wildman–Crippen MR) is 146 cm³/mol. The largest absolute Gasteiger partial charge is 0.472 e. The van der Waals surface area contributed by atoms with Crippen LogP contribution in [-0.4, -0.2) is 49.9 Å². The minimum atomic E-state index is -4.23. The van der Waals surface area contributed by atoms with Gasteiger partial charge in [0.25, 0.3) is 0 Å². The molecule has 0 bridgehead atoms. The Balaban J connectivity index is 3.75. The lowest BCUT2D eigenvalue weighted by Crippen LogP contribution is -2.28. The minimum Gasteiger partial charge on any atom is -0.457 e. The number of hydrogen-bond donors (Lipinski definition) is 2. The van der Waals surface area contributed by atoms with Gasteiger partial charge in [-0.15, -0.1) is 0 Å². The van der Waals surface area contributed by atoms with Crippen LogP contribution < -0.4 is 5.73 Å². The lowest BCUT2D eigenvalue weighted by Gasteiger charge is -2.19. The molecule has 0 radical (unpaired) electrons. The Morgan fingerprint density at radius 2 is 1.44 bits per heavy atom. The molecule has 0 aliphatic carbocycles. The number of esters is 1. The quantitative estimate of drug-likeness (QED) is 0.0551. The van der Waals surface area contributed by atoms with E-state index >= 15 is 0 Å². The number of allylic oxidation sites excluding steroid dienone is 4. The van der Waals surface area contributed by atoms with Gasteiger partial charge in [0.15, 0.2) is 0 Å². The fraction of sp³-hybridized carbons (Fsp3) is 0.815. The maximum atomic E-state index is 11.8. The molecule has 0 aromatic carbocycles. The molecule has 2 atom stereocenters. The van der Waals surface area contributed by atoms with Gasteiger partial charge >= 0.3 is 13.8 Å². The van der Waals surface area contributed by atoms with Gasteiger partial charge in [-0.05, 0) is 38.5 Å². The number of carbonyl (C=O) groups is 1. The fourth-order valence-corrected chi connectivity index (χ4v) is 4.12. The smallest absolute Gasteiger partial charge is 0.457 e. The Hall–Kier alpha value is -1.02.